The highest BCUT2D eigenvalue weighted by atomic mass is 32.2. The van der Waals surface area contributed by atoms with Crippen LogP contribution in [0.3, 0.4) is 0 Å². The van der Waals surface area contributed by atoms with Crippen LogP contribution in [0, 0.1) is 12.8 Å². The van der Waals surface area contributed by atoms with Gasteiger partial charge in [-0.25, -0.2) is 8.42 Å². The van der Waals surface area contributed by atoms with Crippen LogP contribution >= 0.6 is 0 Å². The van der Waals surface area contributed by atoms with Crippen LogP contribution in [0.2, 0.25) is 0 Å². The number of fused-ring (bicyclic) bond motifs is 1. The van der Waals surface area contributed by atoms with Crippen LogP contribution in [0.25, 0.3) is 0 Å². The van der Waals surface area contributed by atoms with Crippen LogP contribution in [0.15, 0.2) is 47.4 Å². The number of aryl methyl sites for hydroxylation is 1. The van der Waals surface area contributed by atoms with Gasteiger partial charge in [0.15, 0.2) is 0 Å². The number of sulfonamides is 1. The molecule has 0 unspecified atom stereocenters. The average Bonchev–Trinajstić information content (AvgIpc) is 2.90. The molecule has 0 saturated carbocycles. The molecule has 0 saturated heterocycles. The first-order valence-electron chi connectivity index (χ1n) is 14.0. The Kier molecular flexibility index (Phi) is 11.4. The zero-order valence-electron chi connectivity index (χ0n) is 24.6. The van der Waals surface area contributed by atoms with Gasteiger partial charge in [0.2, 0.25) is 0 Å². The Morgan fingerprint density at radius 2 is 1.82 bits per heavy atom. The summed E-state index contributed by atoms with van der Waals surface area (Å²) in [6.07, 6.45) is 2.33. The van der Waals surface area contributed by atoms with Crippen LogP contribution in [0.1, 0.15) is 56.0 Å². The normalized spacial score (nSPS) is 22.2. The van der Waals surface area contributed by atoms with Crippen molar-refractivity contribution in [2.45, 2.75) is 70.1 Å². The van der Waals surface area contributed by atoms with Crippen LogP contribution in [0.5, 0.6) is 5.75 Å². The van der Waals surface area contributed by atoms with E-state index in [9.17, 15) is 18.3 Å². The molecule has 4 atom stereocenters. The number of likely N-dealkylation sites (N-methyl/N-ethyl adjacent to an activating group) is 1. The lowest BCUT2D eigenvalue weighted by Crippen LogP contribution is -2.47. The standard InChI is InChI=1S/C30H45N3O6S/c1-21-10-13-26(14-11-21)40(36,37)31-25-12-15-28-27(17-25)30(35)33(23(3)20-34)18-22(2)29(19-32(5)6)38-16-8-7-9-24(4)39-28/h10-15,17,22-24,29,31,34H,7-9,16,18-20H2,1-6H3/t22-,23+,24-,29+/m1/s1. The zero-order valence-corrected chi connectivity index (χ0v) is 25.4. The second-order valence-electron chi connectivity index (χ2n) is 11.2. The third-order valence-corrected chi connectivity index (χ3v) is 8.58. The van der Waals surface area contributed by atoms with E-state index in [0.29, 0.717) is 25.4 Å². The van der Waals surface area contributed by atoms with Gasteiger partial charge in [-0.05, 0) is 84.5 Å². The van der Waals surface area contributed by atoms with Crippen LogP contribution < -0.4 is 9.46 Å². The minimum atomic E-state index is -3.87. The first kappa shape index (κ1) is 31.9. The van der Waals surface area contributed by atoms with Gasteiger partial charge in [0.25, 0.3) is 15.9 Å². The van der Waals surface area contributed by atoms with Gasteiger partial charge in [-0.1, -0.05) is 24.6 Å². The molecule has 0 bridgehead atoms. The number of hydrogen-bond acceptors (Lipinski definition) is 7. The molecule has 0 aromatic heterocycles. The summed E-state index contributed by atoms with van der Waals surface area (Å²) in [6.45, 7) is 9.16. The Morgan fingerprint density at radius 1 is 1.12 bits per heavy atom. The van der Waals surface area contributed by atoms with Crippen molar-refractivity contribution in [1.82, 2.24) is 9.80 Å². The Hall–Kier alpha value is -2.66. The summed E-state index contributed by atoms with van der Waals surface area (Å²) in [6, 6.07) is 10.9. The van der Waals surface area contributed by atoms with Crippen molar-refractivity contribution in [3.05, 3.63) is 53.6 Å². The van der Waals surface area contributed by atoms with E-state index >= 15 is 0 Å². The molecule has 0 aliphatic carbocycles. The Bertz CT molecular complexity index is 1220. The Balaban J connectivity index is 2.02. The number of ether oxygens (including phenoxy) is 2. The summed E-state index contributed by atoms with van der Waals surface area (Å²) in [5.41, 5.74) is 1.45. The molecule has 1 aliphatic rings. The quantitative estimate of drug-likeness (QED) is 0.511. The van der Waals surface area contributed by atoms with E-state index < -0.39 is 16.1 Å². The van der Waals surface area contributed by atoms with Crippen molar-refractivity contribution in [3.63, 3.8) is 0 Å². The van der Waals surface area contributed by atoms with Gasteiger partial charge >= 0.3 is 0 Å². The van der Waals surface area contributed by atoms with Gasteiger partial charge in [0, 0.05) is 31.3 Å². The molecule has 222 valence electrons. The molecule has 3 rings (SSSR count). The van der Waals surface area contributed by atoms with Crippen molar-refractivity contribution in [2.24, 2.45) is 5.92 Å². The topological polar surface area (TPSA) is 108 Å². The van der Waals surface area contributed by atoms with Gasteiger partial charge in [0.05, 0.1) is 35.3 Å². The molecule has 10 heteroatoms. The molecule has 40 heavy (non-hydrogen) atoms. The van der Waals surface area contributed by atoms with E-state index in [1.807, 2.05) is 27.9 Å². The zero-order chi connectivity index (χ0) is 29.4. The highest BCUT2D eigenvalue weighted by Gasteiger charge is 2.30. The fourth-order valence-electron chi connectivity index (χ4n) is 4.74. The molecule has 2 N–H and O–H groups in total. The number of nitrogens with one attached hydrogen (secondary N) is 1. The minimum absolute atomic E-state index is 0.0187. The third-order valence-electron chi connectivity index (χ3n) is 7.18. The smallest absolute Gasteiger partial charge is 0.261 e. The maximum Gasteiger partial charge on any atom is 0.261 e. The van der Waals surface area contributed by atoms with Gasteiger partial charge in [-0.15, -0.1) is 0 Å². The van der Waals surface area contributed by atoms with Crippen molar-refractivity contribution >= 4 is 21.6 Å². The predicted octanol–water partition coefficient (Wildman–Crippen LogP) is 4.15. The molecule has 2 aromatic carbocycles. The summed E-state index contributed by atoms with van der Waals surface area (Å²) in [5.74, 6) is 0.0270. The van der Waals surface area contributed by atoms with E-state index in [4.69, 9.17) is 9.47 Å². The molecule has 1 amide bonds. The summed E-state index contributed by atoms with van der Waals surface area (Å²) < 4.78 is 41.3. The molecule has 0 fully saturated rings. The first-order valence-corrected chi connectivity index (χ1v) is 15.5. The Labute approximate surface area is 239 Å². The van der Waals surface area contributed by atoms with E-state index in [1.54, 1.807) is 48.2 Å². The lowest BCUT2D eigenvalue weighted by molar-refractivity contribution is -0.0137. The second kappa shape index (κ2) is 14.3. The molecule has 1 heterocycles. The summed E-state index contributed by atoms with van der Waals surface area (Å²) >= 11 is 0. The number of anilines is 1. The molecule has 0 radical (unpaired) electrons. The fraction of sp³-hybridized carbons (Fsp3) is 0.567. The lowest BCUT2D eigenvalue weighted by atomic mass is 10.0. The highest BCUT2D eigenvalue weighted by molar-refractivity contribution is 7.92. The second-order valence-corrected chi connectivity index (χ2v) is 12.9. The van der Waals surface area contributed by atoms with Gasteiger partial charge in [0.1, 0.15) is 5.75 Å². The summed E-state index contributed by atoms with van der Waals surface area (Å²) in [7, 11) is 0.118. The SMILES string of the molecule is Cc1ccc(S(=O)(=O)Nc2ccc3c(c2)C(=O)N([C@@H](C)CO)C[C@@H](C)[C@H](CN(C)C)OCCCC[C@@H](C)O3)cc1. The van der Waals surface area contributed by atoms with Crippen LogP contribution in [-0.2, 0) is 14.8 Å². The number of benzene rings is 2. The van der Waals surface area contributed by atoms with Crippen molar-refractivity contribution in [1.29, 1.82) is 0 Å². The molecule has 0 spiro atoms. The number of amides is 1. The molecule has 1 aliphatic heterocycles. The summed E-state index contributed by atoms with van der Waals surface area (Å²) in [4.78, 5) is 18.0. The monoisotopic (exact) mass is 575 g/mol. The van der Waals surface area contributed by atoms with E-state index in [0.717, 1.165) is 24.8 Å². The van der Waals surface area contributed by atoms with Gasteiger partial charge in [-0.2, -0.15) is 0 Å². The van der Waals surface area contributed by atoms with E-state index in [-0.39, 0.29) is 46.8 Å². The molecule has 2 aromatic rings. The Morgan fingerprint density at radius 3 is 2.48 bits per heavy atom. The van der Waals surface area contributed by atoms with Crippen LogP contribution in [-0.4, -0.2) is 87.9 Å². The maximum absolute atomic E-state index is 14.1. The van der Waals surface area contributed by atoms with Crippen LogP contribution in [0.4, 0.5) is 5.69 Å². The highest BCUT2D eigenvalue weighted by Crippen LogP contribution is 2.29. The largest absolute Gasteiger partial charge is 0.490 e. The van der Waals surface area contributed by atoms with Crippen molar-refractivity contribution in [3.8, 4) is 5.75 Å². The lowest BCUT2D eigenvalue weighted by Gasteiger charge is -2.35. The minimum Gasteiger partial charge on any atom is -0.490 e. The van der Waals surface area contributed by atoms with Crippen molar-refractivity contribution < 1.29 is 27.8 Å². The fourth-order valence-corrected chi connectivity index (χ4v) is 5.79. The maximum atomic E-state index is 14.1. The number of aliphatic hydroxyl groups excluding tert-OH is 1. The molecular formula is C30H45N3O6S. The van der Waals surface area contributed by atoms with E-state index in [1.165, 1.54) is 6.07 Å². The number of rotatable bonds is 7. The number of nitrogens with zero attached hydrogens (tertiary/aromatic N) is 2. The molecular weight excluding hydrogens is 530 g/mol. The number of hydrogen-bond donors (Lipinski definition) is 2. The van der Waals surface area contributed by atoms with Gasteiger partial charge in [-0.3, -0.25) is 9.52 Å². The van der Waals surface area contributed by atoms with Crippen molar-refractivity contribution in [2.75, 3.05) is 45.1 Å². The van der Waals surface area contributed by atoms with Gasteiger partial charge < -0.3 is 24.4 Å². The third kappa shape index (κ3) is 8.67. The average molecular weight is 576 g/mol. The predicted molar refractivity (Wildman–Crippen MR) is 157 cm³/mol. The molecule has 9 nitrogen and oxygen atoms in total. The number of carbonyl (C=O) groups is 1. The number of carbonyl (C=O) groups excluding carboxylic acids is 1. The van der Waals surface area contributed by atoms with E-state index in [2.05, 4.69) is 16.5 Å². The number of aliphatic hydroxyl groups is 1. The summed E-state index contributed by atoms with van der Waals surface area (Å²) in [5, 5.41) is 10.1. The first-order chi connectivity index (χ1) is 18.9.